The lowest BCUT2D eigenvalue weighted by atomic mass is 10.1. The zero-order valence-corrected chi connectivity index (χ0v) is 10.9. The molecule has 0 heterocycles. The summed E-state index contributed by atoms with van der Waals surface area (Å²) in [5, 5.41) is 0.345. The van der Waals surface area contributed by atoms with Crippen LogP contribution in [-0.4, -0.2) is 24.4 Å². The molecule has 0 aromatic heterocycles. The van der Waals surface area contributed by atoms with Gasteiger partial charge in [0.2, 0.25) is 5.91 Å². The normalized spacial score (nSPS) is 10.4. The molecule has 0 unspecified atom stereocenters. The topological polar surface area (TPSA) is 20.3 Å². The highest BCUT2D eigenvalue weighted by Crippen LogP contribution is 2.15. The highest BCUT2D eigenvalue weighted by Gasteiger charge is 2.12. The van der Waals surface area contributed by atoms with Gasteiger partial charge in [0.15, 0.2) is 0 Å². The summed E-state index contributed by atoms with van der Waals surface area (Å²) in [6, 6.07) is 4.39. The summed E-state index contributed by atoms with van der Waals surface area (Å²) in [6.07, 6.45) is 2.08. The molecule has 94 valence electrons. The Morgan fingerprint density at radius 2 is 2.18 bits per heavy atom. The summed E-state index contributed by atoms with van der Waals surface area (Å²) < 4.78 is 13.5. The van der Waals surface area contributed by atoms with Gasteiger partial charge in [0, 0.05) is 18.6 Å². The molecule has 17 heavy (non-hydrogen) atoms. The second kappa shape index (κ2) is 6.60. The molecule has 0 atom stereocenters. The van der Waals surface area contributed by atoms with Crippen molar-refractivity contribution in [3.05, 3.63) is 34.6 Å². The molecule has 0 fully saturated rings. The molecule has 1 rings (SSSR count). The molecule has 4 heteroatoms. The van der Waals surface area contributed by atoms with Crippen LogP contribution in [0.4, 0.5) is 4.39 Å². The lowest BCUT2D eigenvalue weighted by Gasteiger charge is -2.16. The first-order valence-electron chi connectivity index (χ1n) is 5.72. The van der Waals surface area contributed by atoms with Gasteiger partial charge < -0.3 is 4.90 Å². The van der Waals surface area contributed by atoms with E-state index in [2.05, 4.69) is 6.92 Å². The molecule has 0 saturated carbocycles. The number of carbonyl (C=O) groups excluding carboxylic acids is 1. The predicted molar refractivity (Wildman–Crippen MR) is 67.7 cm³/mol. The van der Waals surface area contributed by atoms with E-state index in [9.17, 15) is 9.18 Å². The van der Waals surface area contributed by atoms with Crippen LogP contribution in [0.15, 0.2) is 18.2 Å². The SMILES string of the molecule is CCCCN(C)C(=O)Cc1ccc(Cl)cc1F. The van der Waals surface area contributed by atoms with E-state index in [1.807, 2.05) is 0 Å². The Bertz CT molecular complexity index is 395. The molecule has 1 aromatic rings. The van der Waals surface area contributed by atoms with E-state index in [-0.39, 0.29) is 12.3 Å². The number of halogens is 2. The minimum absolute atomic E-state index is 0.0697. The maximum atomic E-state index is 13.5. The first-order valence-corrected chi connectivity index (χ1v) is 6.10. The van der Waals surface area contributed by atoms with Crippen LogP contribution >= 0.6 is 11.6 Å². The van der Waals surface area contributed by atoms with Crippen molar-refractivity contribution < 1.29 is 9.18 Å². The number of likely N-dealkylation sites (N-methyl/N-ethyl adjacent to an activating group) is 1. The van der Waals surface area contributed by atoms with Crippen molar-refractivity contribution in [2.24, 2.45) is 0 Å². The molecular formula is C13H17ClFNO. The van der Waals surface area contributed by atoms with Gasteiger partial charge in [-0.2, -0.15) is 0 Å². The number of hydrogen-bond donors (Lipinski definition) is 0. The highest BCUT2D eigenvalue weighted by atomic mass is 35.5. The van der Waals surface area contributed by atoms with Crippen LogP contribution < -0.4 is 0 Å². The van der Waals surface area contributed by atoms with Crippen LogP contribution in [0.3, 0.4) is 0 Å². The maximum Gasteiger partial charge on any atom is 0.226 e. The first kappa shape index (κ1) is 14.0. The fraction of sp³-hybridized carbons (Fsp3) is 0.462. The summed E-state index contributed by atoms with van der Waals surface area (Å²) in [5.41, 5.74) is 0.391. The second-order valence-corrected chi connectivity index (χ2v) is 4.52. The number of hydrogen-bond acceptors (Lipinski definition) is 1. The average molecular weight is 258 g/mol. The van der Waals surface area contributed by atoms with Crippen LogP contribution in [0.5, 0.6) is 0 Å². The summed E-state index contributed by atoms with van der Waals surface area (Å²) >= 11 is 5.65. The lowest BCUT2D eigenvalue weighted by molar-refractivity contribution is -0.129. The highest BCUT2D eigenvalue weighted by molar-refractivity contribution is 6.30. The number of unbranched alkanes of at least 4 members (excludes halogenated alkanes) is 1. The van der Waals surface area contributed by atoms with Gasteiger partial charge in [-0.05, 0) is 24.1 Å². The third-order valence-electron chi connectivity index (χ3n) is 2.63. The first-order chi connectivity index (χ1) is 8.04. The lowest BCUT2D eigenvalue weighted by Crippen LogP contribution is -2.29. The molecule has 0 N–H and O–H groups in total. The van der Waals surface area contributed by atoms with Crippen LogP contribution in [0.1, 0.15) is 25.3 Å². The van der Waals surface area contributed by atoms with Crippen molar-refractivity contribution in [1.29, 1.82) is 0 Å². The Balaban J connectivity index is 2.61. The fourth-order valence-corrected chi connectivity index (χ4v) is 1.64. The number of benzene rings is 1. The quantitative estimate of drug-likeness (QED) is 0.793. The maximum absolute atomic E-state index is 13.5. The minimum Gasteiger partial charge on any atom is -0.345 e. The Hall–Kier alpha value is -1.09. The number of rotatable bonds is 5. The van der Waals surface area contributed by atoms with Crippen molar-refractivity contribution in [3.63, 3.8) is 0 Å². The molecule has 0 radical (unpaired) electrons. The largest absolute Gasteiger partial charge is 0.345 e. The predicted octanol–water partition coefficient (Wildman–Crippen LogP) is 3.28. The van der Waals surface area contributed by atoms with Crippen molar-refractivity contribution in [2.75, 3.05) is 13.6 Å². The second-order valence-electron chi connectivity index (χ2n) is 4.08. The molecule has 1 amide bonds. The number of carbonyl (C=O) groups is 1. The van der Waals surface area contributed by atoms with Crippen LogP contribution in [0.2, 0.25) is 5.02 Å². The van der Waals surface area contributed by atoms with E-state index in [0.29, 0.717) is 17.1 Å². The minimum atomic E-state index is -0.422. The summed E-state index contributed by atoms with van der Waals surface area (Å²) in [6.45, 7) is 2.78. The molecule has 0 spiro atoms. The van der Waals surface area contributed by atoms with Gasteiger partial charge in [-0.25, -0.2) is 4.39 Å². The zero-order valence-electron chi connectivity index (χ0n) is 10.2. The van der Waals surface area contributed by atoms with E-state index in [1.54, 1.807) is 24.1 Å². The van der Waals surface area contributed by atoms with E-state index in [0.717, 1.165) is 12.8 Å². The van der Waals surface area contributed by atoms with Crippen molar-refractivity contribution in [3.8, 4) is 0 Å². The van der Waals surface area contributed by atoms with Gasteiger partial charge in [0.05, 0.1) is 6.42 Å². The fourth-order valence-electron chi connectivity index (χ4n) is 1.48. The number of amides is 1. The monoisotopic (exact) mass is 257 g/mol. The molecular weight excluding hydrogens is 241 g/mol. The number of nitrogens with zero attached hydrogens (tertiary/aromatic N) is 1. The van der Waals surface area contributed by atoms with Crippen LogP contribution in [-0.2, 0) is 11.2 Å². The summed E-state index contributed by atoms with van der Waals surface area (Å²) in [7, 11) is 1.74. The molecule has 0 aliphatic rings. The molecule has 0 bridgehead atoms. The third kappa shape index (κ3) is 4.35. The molecule has 1 aromatic carbocycles. The third-order valence-corrected chi connectivity index (χ3v) is 2.86. The Kier molecular flexibility index (Phi) is 5.42. The Morgan fingerprint density at radius 3 is 2.76 bits per heavy atom. The van der Waals surface area contributed by atoms with Crippen molar-refractivity contribution in [2.45, 2.75) is 26.2 Å². The van der Waals surface area contributed by atoms with Crippen LogP contribution in [0, 0.1) is 5.82 Å². The van der Waals surface area contributed by atoms with E-state index in [1.165, 1.54) is 6.07 Å². The summed E-state index contributed by atoms with van der Waals surface area (Å²) in [4.78, 5) is 13.4. The van der Waals surface area contributed by atoms with Gasteiger partial charge >= 0.3 is 0 Å². The van der Waals surface area contributed by atoms with Crippen molar-refractivity contribution in [1.82, 2.24) is 4.90 Å². The van der Waals surface area contributed by atoms with Crippen LogP contribution in [0.25, 0.3) is 0 Å². The smallest absolute Gasteiger partial charge is 0.226 e. The Morgan fingerprint density at radius 1 is 1.47 bits per heavy atom. The van der Waals surface area contributed by atoms with E-state index < -0.39 is 5.82 Å². The van der Waals surface area contributed by atoms with Gasteiger partial charge in [0.25, 0.3) is 0 Å². The van der Waals surface area contributed by atoms with E-state index >= 15 is 0 Å². The molecule has 0 aliphatic carbocycles. The van der Waals surface area contributed by atoms with Gasteiger partial charge in [0.1, 0.15) is 5.82 Å². The standard InChI is InChI=1S/C13H17ClFNO/c1-3-4-7-16(2)13(17)8-10-5-6-11(14)9-12(10)15/h5-6,9H,3-4,7-8H2,1-2H3. The van der Waals surface area contributed by atoms with Gasteiger partial charge in [-0.15, -0.1) is 0 Å². The zero-order chi connectivity index (χ0) is 12.8. The molecule has 0 aliphatic heterocycles. The average Bonchev–Trinajstić information content (AvgIpc) is 2.29. The van der Waals surface area contributed by atoms with Crippen molar-refractivity contribution >= 4 is 17.5 Å². The van der Waals surface area contributed by atoms with E-state index in [4.69, 9.17) is 11.6 Å². The van der Waals surface area contributed by atoms with Gasteiger partial charge in [-0.3, -0.25) is 4.79 Å². The van der Waals surface area contributed by atoms with Gasteiger partial charge in [-0.1, -0.05) is 31.0 Å². The molecule has 2 nitrogen and oxygen atoms in total. The Labute approximate surface area is 106 Å². The summed E-state index contributed by atoms with van der Waals surface area (Å²) in [5.74, 6) is -0.491. The molecule has 0 saturated heterocycles.